The van der Waals surface area contributed by atoms with E-state index in [4.69, 9.17) is 9.47 Å². The van der Waals surface area contributed by atoms with Crippen molar-refractivity contribution >= 4 is 17.9 Å². The average molecular weight is 498 g/mol. The number of hydrogen-bond acceptors (Lipinski definition) is 7. The number of amides is 1. The van der Waals surface area contributed by atoms with Crippen LogP contribution in [0.15, 0.2) is 30.5 Å². The zero-order chi connectivity index (χ0) is 25.5. The summed E-state index contributed by atoms with van der Waals surface area (Å²) in [5.74, 6) is 1.34. The largest absolute Gasteiger partial charge is 0.489 e. The van der Waals surface area contributed by atoms with Crippen LogP contribution in [-0.2, 0) is 4.74 Å². The molecule has 2 saturated heterocycles. The van der Waals surface area contributed by atoms with Crippen molar-refractivity contribution in [2.24, 2.45) is 5.41 Å². The first kappa shape index (κ1) is 24.6. The molecule has 1 spiro atoms. The molecule has 2 atom stereocenters. The van der Waals surface area contributed by atoms with Gasteiger partial charge in [-0.1, -0.05) is 12.1 Å². The van der Waals surface area contributed by atoms with Gasteiger partial charge < -0.3 is 24.6 Å². The number of halogens is 1. The Bertz CT molecular complexity index is 1100. The molecule has 1 aromatic carbocycles. The molecule has 194 valence electrons. The van der Waals surface area contributed by atoms with Crippen LogP contribution >= 0.6 is 0 Å². The van der Waals surface area contributed by atoms with Crippen molar-refractivity contribution in [1.82, 2.24) is 15.3 Å². The van der Waals surface area contributed by atoms with Gasteiger partial charge in [-0.3, -0.25) is 0 Å². The number of alkyl carbamates (subject to hydrolysis) is 1. The summed E-state index contributed by atoms with van der Waals surface area (Å²) in [6.07, 6.45) is 5.31. The minimum absolute atomic E-state index is 0.0625. The molecule has 2 aromatic rings. The van der Waals surface area contributed by atoms with Crippen LogP contribution in [0.1, 0.15) is 65.0 Å². The number of carbonyl (C=O) groups is 1. The monoisotopic (exact) mass is 497 g/mol. The molecule has 1 amide bonds. The Kier molecular flexibility index (Phi) is 6.43. The van der Waals surface area contributed by atoms with Gasteiger partial charge >= 0.3 is 6.09 Å². The summed E-state index contributed by atoms with van der Waals surface area (Å²) in [5.41, 5.74) is 0.871. The highest BCUT2D eigenvalue weighted by molar-refractivity contribution is 5.68. The number of carbonyl (C=O) groups excluding carboxylic acids is 1. The van der Waals surface area contributed by atoms with Crippen molar-refractivity contribution in [1.29, 1.82) is 0 Å². The first-order valence-electron chi connectivity index (χ1n) is 12.9. The Morgan fingerprint density at radius 2 is 1.92 bits per heavy atom. The third kappa shape index (κ3) is 5.65. The maximum absolute atomic E-state index is 14.7. The van der Waals surface area contributed by atoms with Crippen molar-refractivity contribution in [3.8, 4) is 5.75 Å². The molecular weight excluding hydrogens is 461 g/mol. The Labute approximate surface area is 212 Å². The number of hydrogen-bond donors (Lipinski definition) is 1. The lowest BCUT2D eigenvalue weighted by atomic mass is 10.1. The second-order valence-electron chi connectivity index (χ2n) is 11.4. The molecule has 9 heteroatoms. The molecule has 36 heavy (non-hydrogen) atoms. The predicted molar refractivity (Wildman–Crippen MR) is 136 cm³/mol. The van der Waals surface area contributed by atoms with Crippen molar-refractivity contribution < 1.29 is 18.7 Å². The summed E-state index contributed by atoms with van der Waals surface area (Å²) in [6.45, 7) is 10.6. The minimum atomic E-state index is -0.541. The van der Waals surface area contributed by atoms with Crippen molar-refractivity contribution in [2.75, 3.05) is 36.0 Å². The second-order valence-corrected chi connectivity index (χ2v) is 11.4. The number of rotatable bonds is 6. The molecule has 0 bridgehead atoms. The van der Waals surface area contributed by atoms with E-state index < -0.39 is 17.5 Å². The van der Waals surface area contributed by atoms with E-state index >= 15 is 0 Å². The quantitative estimate of drug-likeness (QED) is 0.611. The van der Waals surface area contributed by atoms with E-state index in [1.54, 1.807) is 0 Å². The molecule has 3 fully saturated rings. The van der Waals surface area contributed by atoms with E-state index in [1.807, 2.05) is 56.9 Å². The van der Waals surface area contributed by atoms with Gasteiger partial charge in [-0.2, -0.15) is 4.98 Å². The van der Waals surface area contributed by atoms with E-state index in [9.17, 15) is 9.18 Å². The van der Waals surface area contributed by atoms with E-state index in [0.29, 0.717) is 30.3 Å². The van der Waals surface area contributed by atoms with Crippen LogP contribution in [0.4, 0.5) is 21.0 Å². The molecule has 1 N–H and O–H groups in total. The van der Waals surface area contributed by atoms with Gasteiger partial charge in [-0.15, -0.1) is 0 Å². The highest BCUT2D eigenvalue weighted by Crippen LogP contribution is 2.53. The summed E-state index contributed by atoms with van der Waals surface area (Å²) in [7, 11) is 0. The van der Waals surface area contributed by atoms with Gasteiger partial charge in [-0.05, 0) is 70.1 Å². The summed E-state index contributed by atoms with van der Waals surface area (Å²) < 4.78 is 26.2. The van der Waals surface area contributed by atoms with Gasteiger partial charge in [0.05, 0.1) is 18.8 Å². The van der Waals surface area contributed by atoms with Crippen LogP contribution in [0, 0.1) is 11.2 Å². The Hall–Kier alpha value is -3.10. The van der Waals surface area contributed by atoms with Gasteiger partial charge in [0.15, 0.2) is 11.6 Å². The maximum atomic E-state index is 14.7. The molecule has 0 radical (unpaired) electrons. The van der Waals surface area contributed by atoms with Crippen LogP contribution < -0.4 is 19.9 Å². The van der Waals surface area contributed by atoms with Crippen LogP contribution in [0.25, 0.3) is 0 Å². The Balaban J connectivity index is 1.16. The fourth-order valence-corrected chi connectivity index (χ4v) is 5.03. The lowest BCUT2D eigenvalue weighted by molar-refractivity contribution is 0.0508. The van der Waals surface area contributed by atoms with Crippen molar-refractivity contribution in [2.45, 2.75) is 71.1 Å². The third-order valence-corrected chi connectivity index (χ3v) is 7.25. The first-order chi connectivity index (χ1) is 17.1. The van der Waals surface area contributed by atoms with Gasteiger partial charge in [-0.25, -0.2) is 14.2 Å². The number of aromatic nitrogens is 2. The molecule has 3 aliphatic rings. The van der Waals surface area contributed by atoms with E-state index in [-0.39, 0.29) is 12.1 Å². The fraction of sp³-hybridized carbons (Fsp3) is 0.593. The molecule has 1 saturated carbocycles. The predicted octanol–water partition coefficient (Wildman–Crippen LogP) is 4.85. The molecule has 5 rings (SSSR count). The fourth-order valence-electron chi connectivity index (χ4n) is 5.03. The number of nitrogens with zero attached hydrogens (tertiary/aromatic N) is 4. The first-order valence-corrected chi connectivity index (χ1v) is 12.9. The van der Waals surface area contributed by atoms with E-state index in [0.717, 1.165) is 30.8 Å². The van der Waals surface area contributed by atoms with Gasteiger partial charge in [0, 0.05) is 26.1 Å². The summed E-state index contributed by atoms with van der Waals surface area (Å²) in [6, 6.07) is 7.47. The number of ether oxygens (including phenoxy) is 2. The average Bonchev–Trinajstić information content (AvgIpc) is 3.20. The topological polar surface area (TPSA) is 79.8 Å². The molecule has 1 aliphatic carbocycles. The lowest BCUT2D eigenvalue weighted by Crippen LogP contribution is -2.34. The normalized spacial score (nSPS) is 21.5. The zero-order valence-electron chi connectivity index (χ0n) is 21.6. The van der Waals surface area contributed by atoms with Crippen LogP contribution in [-0.4, -0.2) is 53.9 Å². The van der Waals surface area contributed by atoms with Crippen molar-refractivity contribution in [3.63, 3.8) is 0 Å². The summed E-state index contributed by atoms with van der Waals surface area (Å²) in [4.78, 5) is 25.1. The Morgan fingerprint density at radius 1 is 1.17 bits per heavy atom. The van der Waals surface area contributed by atoms with E-state index in [1.165, 1.54) is 25.5 Å². The molecule has 2 aliphatic heterocycles. The minimum Gasteiger partial charge on any atom is -0.489 e. The summed E-state index contributed by atoms with van der Waals surface area (Å²) >= 11 is 0. The van der Waals surface area contributed by atoms with Crippen LogP contribution in [0.3, 0.4) is 0 Å². The van der Waals surface area contributed by atoms with Crippen LogP contribution in [0.2, 0.25) is 0 Å². The molecule has 2 unspecified atom stereocenters. The maximum Gasteiger partial charge on any atom is 0.408 e. The van der Waals surface area contributed by atoms with Gasteiger partial charge in [0.2, 0.25) is 5.95 Å². The number of anilines is 2. The molecule has 1 aromatic heterocycles. The highest BCUT2D eigenvalue weighted by atomic mass is 19.1. The van der Waals surface area contributed by atoms with Crippen LogP contribution in [0.5, 0.6) is 5.75 Å². The van der Waals surface area contributed by atoms with Crippen molar-refractivity contribution in [3.05, 3.63) is 41.8 Å². The molecule has 8 nitrogen and oxygen atoms in total. The standard InChI is InChI=1S/C27H36FN5O3/c1-18(30-25(34)36-26(2,3)4)19-5-7-20(8-6-19)35-21-9-13-32(16-21)23-22(28)15-29-24(31-23)33-14-12-27(17-33)10-11-27/h5-8,15,18,21H,9-14,16-17H2,1-4H3,(H,30,34). The number of nitrogens with one attached hydrogen (secondary N) is 1. The van der Waals surface area contributed by atoms with E-state index in [2.05, 4.69) is 20.2 Å². The zero-order valence-corrected chi connectivity index (χ0v) is 21.6. The smallest absolute Gasteiger partial charge is 0.408 e. The molecular formula is C27H36FN5O3. The highest BCUT2D eigenvalue weighted by Gasteiger charge is 2.48. The molecule has 3 heterocycles. The van der Waals surface area contributed by atoms with Gasteiger partial charge in [0.25, 0.3) is 0 Å². The Morgan fingerprint density at radius 3 is 2.58 bits per heavy atom. The third-order valence-electron chi connectivity index (χ3n) is 7.25. The SMILES string of the molecule is CC(NC(=O)OC(C)(C)C)c1ccc(OC2CCN(c3nc(N4CCC5(CC5)C4)ncc3F)C2)cc1. The van der Waals surface area contributed by atoms with Gasteiger partial charge in [0.1, 0.15) is 17.5 Å². The summed E-state index contributed by atoms with van der Waals surface area (Å²) in [5, 5.41) is 2.85. The lowest BCUT2D eigenvalue weighted by Gasteiger charge is -2.22. The second kappa shape index (κ2) is 9.41. The number of benzene rings is 1.